The third-order valence-corrected chi connectivity index (χ3v) is 3.36. The second-order valence-electron chi connectivity index (χ2n) is 7.04. The van der Waals surface area contributed by atoms with E-state index < -0.39 is 11.5 Å². The van der Waals surface area contributed by atoms with Crippen LogP contribution in [0.1, 0.15) is 47.5 Å². The molecule has 1 unspecified atom stereocenters. The maximum atomic E-state index is 11.6. The van der Waals surface area contributed by atoms with Gasteiger partial charge in [-0.05, 0) is 31.6 Å². The Kier molecular flexibility index (Phi) is 5.81. The molecular formula is C15H30N2O2. The molecule has 4 heteroatoms. The van der Waals surface area contributed by atoms with E-state index in [1.165, 1.54) is 0 Å². The number of aliphatic carboxylic acids is 1. The van der Waals surface area contributed by atoms with E-state index in [9.17, 15) is 9.90 Å². The van der Waals surface area contributed by atoms with Crippen molar-refractivity contribution in [1.82, 2.24) is 10.2 Å². The Morgan fingerprint density at radius 2 is 1.74 bits per heavy atom. The fourth-order valence-electron chi connectivity index (χ4n) is 2.54. The summed E-state index contributed by atoms with van der Waals surface area (Å²) in [6.45, 7) is 13.0. The van der Waals surface area contributed by atoms with Crippen molar-refractivity contribution in [3.8, 4) is 0 Å². The van der Waals surface area contributed by atoms with Crippen molar-refractivity contribution in [3.63, 3.8) is 0 Å². The van der Waals surface area contributed by atoms with E-state index in [1.807, 2.05) is 6.92 Å². The first-order valence-corrected chi connectivity index (χ1v) is 7.46. The minimum atomic E-state index is -0.828. The van der Waals surface area contributed by atoms with Gasteiger partial charge in [-0.3, -0.25) is 10.1 Å². The highest BCUT2D eigenvalue weighted by atomic mass is 16.4. The molecule has 1 aliphatic carbocycles. The van der Waals surface area contributed by atoms with Crippen LogP contribution in [-0.2, 0) is 4.79 Å². The summed E-state index contributed by atoms with van der Waals surface area (Å²) in [5.41, 5.74) is -0.828. The number of nitrogens with zero attached hydrogens (tertiary/aromatic N) is 1. The number of carboxylic acid groups (broad SMARTS) is 1. The quantitative estimate of drug-likeness (QED) is 0.674. The Morgan fingerprint density at radius 3 is 2.05 bits per heavy atom. The Bertz CT molecular complexity index is 291. The lowest BCUT2D eigenvalue weighted by molar-refractivity contribution is -0.145. The molecule has 0 bridgehead atoms. The molecule has 0 aromatic rings. The monoisotopic (exact) mass is 270 g/mol. The number of carbonyl (C=O) groups is 1. The summed E-state index contributed by atoms with van der Waals surface area (Å²) in [7, 11) is 0. The Balaban J connectivity index is 2.67. The summed E-state index contributed by atoms with van der Waals surface area (Å²) >= 11 is 0. The van der Waals surface area contributed by atoms with Gasteiger partial charge in [-0.1, -0.05) is 27.7 Å². The molecule has 0 aliphatic heterocycles. The summed E-state index contributed by atoms with van der Waals surface area (Å²) in [4.78, 5) is 13.9. The zero-order chi connectivity index (χ0) is 14.6. The number of hydrogen-bond donors (Lipinski definition) is 2. The first-order chi connectivity index (χ1) is 8.73. The smallest absolute Gasteiger partial charge is 0.324 e. The lowest BCUT2D eigenvalue weighted by atomic mass is 10.00. The Labute approximate surface area is 117 Å². The van der Waals surface area contributed by atoms with Crippen molar-refractivity contribution < 1.29 is 9.90 Å². The fraction of sp³-hybridized carbons (Fsp3) is 0.933. The molecule has 1 fully saturated rings. The van der Waals surface area contributed by atoms with Crippen molar-refractivity contribution >= 4 is 5.97 Å². The molecule has 112 valence electrons. The van der Waals surface area contributed by atoms with E-state index in [0.29, 0.717) is 24.4 Å². The van der Waals surface area contributed by atoms with Crippen LogP contribution < -0.4 is 5.32 Å². The third-order valence-electron chi connectivity index (χ3n) is 3.36. The van der Waals surface area contributed by atoms with Gasteiger partial charge < -0.3 is 10.0 Å². The van der Waals surface area contributed by atoms with E-state index in [2.05, 4.69) is 37.9 Å². The second-order valence-corrected chi connectivity index (χ2v) is 7.04. The highest BCUT2D eigenvalue weighted by Gasteiger charge is 2.39. The molecule has 0 aromatic carbocycles. The Hall–Kier alpha value is -0.610. The molecule has 0 heterocycles. The summed E-state index contributed by atoms with van der Waals surface area (Å²) in [6, 6.07) is 0.404. The molecule has 1 rings (SSSR count). The summed E-state index contributed by atoms with van der Waals surface area (Å²) < 4.78 is 0. The highest BCUT2D eigenvalue weighted by molar-refractivity contribution is 5.78. The zero-order valence-electron chi connectivity index (χ0n) is 13.1. The second kappa shape index (κ2) is 6.71. The lowest BCUT2D eigenvalue weighted by Crippen LogP contribution is -2.58. The average molecular weight is 270 g/mol. The molecule has 0 saturated heterocycles. The standard InChI is InChI=1S/C15H30N2O2/c1-11(2)8-17(9-12(3)4)10-15(5,14(18)19)16-13-6-7-13/h11-13,16H,6-10H2,1-5H3,(H,18,19). The van der Waals surface area contributed by atoms with Crippen molar-refractivity contribution in [2.24, 2.45) is 11.8 Å². The van der Waals surface area contributed by atoms with Crippen LogP contribution in [0.5, 0.6) is 0 Å². The van der Waals surface area contributed by atoms with Crippen LogP contribution in [0.3, 0.4) is 0 Å². The van der Waals surface area contributed by atoms with Crippen LogP contribution in [0.15, 0.2) is 0 Å². The minimum Gasteiger partial charge on any atom is -0.480 e. The van der Waals surface area contributed by atoms with E-state index in [-0.39, 0.29) is 0 Å². The van der Waals surface area contributed by atoms with Gasteiger partial charge in [0.15, 0.2) is 0 Å². The average Bonchev–Trinajstić information content (AvgIpc) is 2.98. The molecule has 0 radical (unpaired) electrons. The van der Waals surface area contributed by atoms with Crippen LogP contribution in [0.4, 0.5) is 0 Å². The summed E-state index contributed by atoms with van der Waals surface area (Å²) in [5.74, 6) is 0.368. The molecule has 0 amide bonds. The molecule has 1 aliphatic rings. The number of hydrogen-bond acceptors (Lipinski definition) is 3. The molecule has 0 spiro atoms. The maximum Gasteiger partial charge on any atom is 0.324 e. The third kappa shape index (κ3) is 5.91. The molecule has 2 N–H and O–H groups in total. The van der Waals surface area contributed by atoms with Crippen molar-refractivity contribution in [1.29, 1.82) is 0 Å². The molecule has 19 heavy (non-hydrogen) atoms. The van der Waals surface area contributed by atoms with Gasteiger partial charge in [0, 0.05) is 25.7 Å². The first kappa shape index (κ1) is 16.4. The number of nitrogens with one attached hydrogen (secondary N) is 1. The molecule has 1 saturated carbocycles. The molecular weight excluding hydrogens is 240 g/mol. The van der Waals surface area contributed by atoms with Gasteiger partial charge in [-0.25, -0.2) is 0 Å². The zero-order valence-corrected chi connectivity index (χ0v) is 13.1. The largest absolute Gasteiger partial charge is 0.480 e. The van der Waals surface area contributed by atoms with Crippen molar-refractivity contribution in [3.05, 3.63) is 0 Å². The van der Waals surface area contributed by atoms with E-state index >= 15 is 0 Å². The maximum absolute atomic E-state index is 11.6. The summed E-state index contributed by atoms with van der Waals surface area (Å²) in [6.07, 6.45) is 2.22. The van der Waals surface area contributed by atoms with Crippen LogP contribution >= 0.6 is 0 Å². The number of carboxylic acids is 1. The van der Waals surface area contributed by atoms with Gasteiger partial charge in [0.1, 0.15) is 5.54 Å². The SMILES string of the molecule is CC(C)CN(CC(C)C)CC(C)(NC1CC1)C(=O)O. The van der Waals surface area contributed by atoms with Gasteiger partial charge in [-0.2, -0.15) is 0 Å². The van der Waals surface area contributed by atoms with Gasteiger partial charge in [0.2, 0.25) is 0 Å². The normalized spacial score (nSPS) is 19.2. The van der Waals surface area contributed by atoms with Crippen LogP contribution in [0.25, 0.3) is 0 Å². The van der Waals surface area contributed by atoms with Crippen LogP contribution in [0, 0.1) is 11.8 Å². The highest BCUT2D eigenvalue weighted by Crippen LogP contribution is 2.23. The van der Waals surface area contributed by atoms with Gasteiger partial charge in [0.05, 0.1) is 0 Å². The first-order valence-electron chi connectivity index (χ1n) is 7.46. The van der Waals surface area contributed by atoms with Gasteiger partial charge >= 0.3 is 5.97 Å². The van der Waals surface area contributed by atoms with Crippen LogP contribution in [0.2, 0.25) is 0 Å². The van der Waals surface area contributed by atoms with Crippen molar-refractivity contribution in [2.45, 2.75) is 59.0 Å². The van der Waals surface area contributed by atoms with Crippen molar-refractivity contribution in [2.75, 3.05) is 19.6 Å². The summed E-state index contributed by atoms with van der Waals surface area (Å²) in [5, 5.41) is 12.8. The topological polar surface area (TPSA) is 52.6 Å². The van der Waals surface area contributed by atoms with Gasteiger partial charge in [-0.15, -0.1) is 0 Å². The lowest BCUT2D eigenvalue weighted by Gasteiger charge is -2.35. The van der Waals surface area contributed by atoms with E-state index in [4.69, 9.17) is 0 Å². The van der Waals surface area contributed by atoms with E-state index in [0.717, 1.165) is 25.9 Å². The number of rotatable bonds is 9. The van der Waals surface area contributed by atoms with E-state index in [1.54, 1.807) is 0 Å². The van der Waals surface area contributed by atoms with Crippen LogP contribution in [-0.4, -0.2) is 47.2 Å². The molecule has 1 atom stereocenters. The Morgan fingerprint density at radius 1 is 1.26 bits per heavy atom. The van der Waals surface area contributed by atoms with Gasteiger partial charge in [0.25, 0.3) is 0 Å². The predicted molar refractivity (Wildman–Crippen MR) is 78.3 cm³/mol. The molecule has 0 aromatic heterocycles. The molecule has 4 nitrogen and oxygen atoms in total. The minimum absolute atomic E-state index is 0.404. The fourth-order valence-corrected chi connectivity index (χ4v) is 2.54. The predicted octanol–water partition coefficient (Wildman–Crippen LogP) is 2.20.